The molecule has 0 bridgehead atoms. The molecule has 0 saturated carbocycles. The van der Waals surface area contributed by atoms with Crippen molar-refractivity contribution in [3.63, 3.8) is 0 Å². The largest absolute Gasteiger partial charge is 0.407 e. The van der Waals surface area contributed by atoms with E-state index in [1.54, 1.807) is 0 Å². The van der Waals surface area contributed by atoms with Crippen LogP contribution in [0, 0.1) is 13.8 Å². The van der Waals surface area contributed by atoms with Crippen LogP contribution in [-0.4, -0.2) is 24.6 Å². The molecule has 1 aromatic heterocycles. The molecule has 1 aliphatic rings. The highest BCUT2D eigenvalue weighted by Gasteiger charge is 2.21. The molecular formula is C26H24NO2PS. The lowest BCUT2D eigenvalue weighted by atomic mass is 9.95. The summed E-state index contributed by atoms with van der Waals surface area (Å²) in [6.45, 7) is 6.32. The zero-order valence-electron chi connectivity index (χ0n) is 17.7. The topological polar surface area (TPSA) is 29.5 Å². The van der Waals surface area contributed by atoms with Crippen LogP contribution in [0.15, 0.2) is 69.1 Å². The van der Waals surface area contributed by atoms with Crippen LogP contribution in [0.2, 0.25) is 0 Å². The fourth-order valence-electron chi connectivity index (χ4n) is 4.68. The highest BCUT2D eigenvalue weighted by molar-refractivity contribution is 7.99. The first-order valence-corrected chi connectivity index (χ1v) is 13.0. The lowest BCUT2D eigenvalue weighted by Gasteiger charge is -2.22. The van der Waals surface area contributed by atoms with Crippen molar-refractivity contribution in [1.29, 1.82) is 0 Å². The zero-order valence-corrected chi connectivity index (χ0v) is 19.4. The van der Waals surface area contributed by atoms with Crippen LogP contribution in [0.5, 0.6) is 0 Å². The van der Waals surface area contributed by atoms with Crippen LogP contribution in [0.4, 0.5) is 0 Å². The molecule has 0 N–H and O–H groups in total. The first-order chi connectivity index (χ1) is 15.2. The summed E-state index contributed by atoms with van der Waals surface area (Å²) in [4.78, 5) is 0. The summed E-state index contributed by atoms with van der Waals surface area (Å²) in [6, 6.07) is 21.7. The van der Waals surface area contributed by atoms with Crippen molar-refractivity contribution in [1.82, 2.24) is 0 Å². The van der Waals surface area contributed by atoms with Crippen molar-refractivity contribution in [2.24, 2.45) is 0 Å². The second kappa shape index (κ2) is 7.63. The molecular weight excluding hydrogens is 421 g/mol. The average molecular weight is 446 g/mol. The maximum absolute atomic E-state index is 6.78. The molecule has 0 atom stereocenters. The molecule has 0 aliphatic carbocycles. The molecule has 4 aromatic carbocycles. The van der Waals surface area contributed by atoms with Gasteiger partial charge in [0.1, 0.15) is 11.2 Å². The number of aryl methyl sites for hydroxylation is 2. The monoisotopic (exact) mass is 445 g/mol. The van der Waals surface area contributed by atoms with Gasteiger partial charge in [0.15, 0.2) is 0 Å². The van der Waals surface area contributed by atoms with Crippen molar-refractivity contribution < 1.29 is 8.39 Å². The number of thioether (sulfide) groups is 1. The minimum atomic E-state index is -1.21. The van der Waals surface area contributed by atoms with Gasteiger partial charge >= 0.3 is 8.16 Å². The lowest BCUT2D eigenvalue weighted by Crippen LogP contribution is -2.29. The third-order valence-electron chi connectivity index (χ3n) is 6.18. The van der Waals surface area contributed by atoms with E-state index < -0.39 is 8.16 Å². The van der Waals surface area contributed by atoms with E-state index in [1.807, 2.05) is 11.8 Å². The molecule has 1 aliphatic heterocycles. The van der Waals surface area contributed by atoms with Crippen LogP contribution in [0.25, 0.3) is 43.5 Å². The lowest BCUT2D eigenvalue weighted by molar-refractivity contribution is 0.621. The molecule has 31 heavy (non-hydrogen) atoms. The van der Waals surface area contributed by atoms with Gasteiger partial charge in [0.25, 0.3) is 0 Å². The minimum absolute atomic E-state index is 0.970. The first kappa shape index (κ1) is 19.3. The Morgan fingerprint density at radius 2 is 1.23 bits per heavy atom. The number of rotatable bonds is 1. The highest BCUT2D eigenvalue weighted by atomic mass is 32.2. The molecule has 6 rings (SSSR count). The second-order valence-corrected chi connectivity index (χ2v) is 10.9. The van der Waals surface area contributed by atoms with Crippen LogP contribution in [-0.2, 0) is 0 Å². The van der Waals surface area contributed by atoms with Crippen LogP contribution < -0.4 is 4.67 Å². The van der Waals surface area contributed by atoms with Crippen LogP contribution in [0.3, 0.4) is 0 Å². The Kier molecular flexibility index (Phi) is 4.75. The Morgan fingerprint density at radius 3 is 1.74 bits per heavy atom. The molecule has 5 heteroatoms. The predicted octanol–water partition coefficient (Wildman–Crippen LogP) is 7.90. The molecule has 0 amide bonds. The molecule has 2 heterocycles. The van der Waals surface area contributed by atoms with Gasteiger partial charge in [-0.25, -0.2) is 4.67 Å². The SMILES string of the molecule is Cc1cc2ccccc2c2c1op(N1CCSCC1)oc1c(C)cc3ccccc3c12. The summed E-state index contributed by atoms with van der Waals surface area (Å²) >= 11 is 2.01. The molecule has 1 saturated heterocycles. The summed E-state index contributed by atoms with van der Waals surface area (Å²) in [5.74, 6) is 2.25. The van der Waals surface area contributed by atoms with E-state index >= 15 is 0 Å². The summed E-state index contributed by atoms with van der Waals surface area (Å²) < 4.78 is 16.0. The Bertz CT molecular complexity index is 1400. The van der Waals surface area contributed by atoms with Crippen LogP contribution >= 0.6 is 19.9 Å². The Morgan fingerprint density at radius 1 is 0.742 bits per heavy atom. The molecule has 156 valence electrons. The van der Waals surface area contributed by atoms with Gasteiger partial charge in [0.05, 0.1) is 0 Å². The van der Waals surface area contributed by atoms with E-state index in [4.69, 9.17) is 8.39 Å². The van der Waals surface area contributed by atoms with Crippen molar-refractivity contribution in [2.45, 2.75) is 13.8 Å². The Hall–Kier alpha value is -2.39. The van der Waals surface area contributed by atoms with Crippen molar-refractivity contribution in [3.8, 4) is 0 Å². The fourth-order valence-corrected chi connectivity index (χ4v) is 7.43. The van der Waals surface area contributed by atoms with Gasteiger partial charge in [-0.05, 0) is 58.7 Å². The normalized spacial score (nSPS) is 15.3. The van der Waals surface area contributed by atoms with E-state index in [9.17, 15) is 0 Å². The van der Waals surface area contributed by atoms with Gasteiger partial charge in [-0.2, -0.15) is 11.8 Å². The summed E-state index contributed by atoms with van der Waals surface area (Å²) in [5, 5.41) is 7.24. The van der Waals surface area contributed by atoms with Gasteiger partial charge in [-0.15, -0.1) is 0 Å². The second-order valence-electron chi connectivity index (χ2n) is 8.22. The maximum atomic E-state index is 6.78. The molecule has 1 fully saturated rings. The Labute approximate surface area is 186 Å². The molecule has 0 spiro atoms. The number of fused-ring (bicyclic) bond motifs is 7. The third-order valence-corrected chi connectivity index (χ3v) is 8.66. The summed E-state index contributed by atoms with van der Waals surface area (Å²) in [7, 11) is -1.21. The van der Waals surface area contributed by atoms with Crippen molar-refractivity contribution in [3.05, 3.63) is 71.8 Å². The number of benzene rings is 4. The zero-order chi connectivity index (χ0) is 20.9. The van der Waals surface area contributed by atoms with E-state index in [1.165, 1.54) is 32.3 Å². The van der Waals surface area contributed by atoms with E-state index in [-0.39, 0.29) is 0 Å². The minimum Gasteiger partial charge on any atom is -0.407 e. The fraction of sp³-hybridized carbons (Fsp3) is 0.231. The maximum Gasteiger partial charge on any atom is 0.309 e. The Balaban J connectivity index is 1.91. The van der Waals surface area contributed by atoms with Gasteiger partial charge in [-0.1, -0.05) is 48.5 Å². The average Bonchev–Trinajstić information content (AvgIpc) is 2.99. The third kappa shape index (κ3) is 3.17. The van der Waals surface area contributed by atoms with Gasteiger partial charge < -0.3 is 8.39 Å². The van der Waals surface area contributed by atoms with E-state index in [2.05, 4.69) is 79.2 Å². The predicted molar refractivity (Wildman–Crippen MR) is 136 cm³/mol. The first-order valence-electron chi connectivity index (χ1n) is 10.7. The van der Waals surface area contributed by atoms with Crippen molar-refractivity contribution >= 4 is 63.4 Å². The van der Waals surface area contributed by atoms with E-state index in [0.29, 0.717) is 0 Å². The van der Waals surface area contributed by atoms with Gasteiger partial charge in [0.2, 0.25) is 0 Å². The summed E-state index contributed by atoms with van der Waals surface area (Å²) in [5.41, 5.74) is 4.26. The van der Waals surface area contributed by atoms with Gasteiger partial charge in [-0.3, -0.25) is 0 Å². The van der Waals surface area contributed by atoms with Crippen LogP contribution in [0.1, 0.15) is 11.1 Å². The van der Waals surface area contributed by atoms with Crippen molar-refractivity contribution in [2.75, 3.05) is 29.3 Å². The molecule has 0 unspecified atom stereocenters. The quantitative estimate of drug-likeness (QED) is 0.262. The van der Waals surface area contributed by atoms with E-state index in [0.717, 1.165) is 46.9 Å². The summed E-state index contributed by atoms with van der Waals surface area (Å²) in [6.07, 6.45) is 0. The number of hydrogen-bond donors (Lipinski definition) is 0. The standard InChI is InChI=1S/C26H24NO2PS/c1-17-15-19-7-3-5-9-21(19)23-24-22-10-6-4-8-20(22)16-18(2)26(24)29-30(28-25(17)23)27-11-13-31-14-12-27/h3-10,15-16H,11-14H2,1-2H3. The highest BCUT2D eigenvalue weighted by Crippen LogP contribution is 2.44. The molecule has 5 aromatic rings. The number of hydrogen-bond acceptors (Lipinski definition) is 4. The smallest absolute Gasteiger partial charge is 0.309 e. The molecule has 3 nitrogen and oxygen atoms in total. The molecule has 0 radical (unpaired) electrons. The van der Waals surface area contributed by atoms with Gasteiger partial charge in [0, 0.05) is 35.4 Å². The number of nitrogens with zero attached hydrogens (tertiary/aromatic N) is 1.